The van der Waals surface area contributed by atoms with Crippen LogP contribution in [0.25, 0.3) is 0 Å². The summed E-state index contributed by atoms with van der Waals surface area (Å²) in [5.74, 6) is 0.549. The first-order valence-corrected chi connectivity index (χ1v) is 7.78. The normalized spacial score (nSPS) is 24.3. The lowest BCUT2D eigenvalue weighted by molar-refractivity contribution is 0.293. The van der Waals surface area contributed by atoms with Gasteiger partial charge in [-0.2, -0.15) is 0 Å². The molecule has 0 saturated heterocycles. The maximum absolute atomic E-state index is 4.67. The molecule has 1 aromatic rings. The van der Waals surface area contributed by atoms with Gasteiger partial charge in [-0.15, -0.1) is 11.3 Å². The monoisotopic (exact) mass is 267 g/mol. The first kappa shape index (κ1) is 14.0. The molecule has 0 bridgehead atoms. The van der Waals surface area contributed by atoms with Crippen molar-refractivity contribution in [2.75, 3.05) is 14.1 Å². The van der Waals surface area contributed by atoms with E-state index in [2.05, 4.69) is 48.5 Å². The van der Waals surface area contributed by atoms with Gasteiger partial charge in [0.25, 0.3) is 0 Å². The smallest absolute Gasteiger partial charge is 0.0954 e. The zero-order valence-corrected chi connectivity index (χ0v) is 12.8. The summed E-state index contributed by atoms with van der Waals surface area (Å²) in [4.78, 5) is 7.02. The Balaban J connectivity index is 1.78. The van der Waals surface area contributed by atoms with Crippen LogP contribution in [0.3, 0.4) is 0 Å². The second-order valence-corrected chi connectivity index (χ2v) is 6.73. The van der Waals surface area contributed by atoms with Crippen molar-refractivity contribution in [3.8, 4) is 0 Å². The molecule has 0 spiro atoms. The van der Waals surface area contributed by atoms with Gasteiger partial charge in [-0.1, -0.05) is 13.8 Å². The molecule has 4 heteroatoms. The summed E-state index contributed by atoms with van der Waals surface area (Å²) in [5.41, 5.74) is 1.21. The predicted molar refractivity (Wildman–Crippen MR) is 78.2 cm³/mol. The minimum Gasteiger partial charge on any atom is -0.308 e. The molecule has 18 heavy (non-hydrogen) atoms. The number of nitrogens with one attached hydrogen (secondary N) is 1. The van der Waals surface area contributed by atoms with Crippen molar-refractivity contribution in [1.82, 2.24) is 15.2 Å². The molecule has 2 atom stereocenters. The fourth-order valence-electron chi connectivity index (χ4n) is 2.53. The molecule has 1 saturated carbocycles. The Labute approximate surface area is 115 Å². The summed E-state index contributed by atoms with van der Waals surface area (Å²) in [7, 11) is 4.37. The fraction of sp³-hybridized carbons (Fsp3) is 0.786. The van der Waals surface area contributed by atoms with Crippen molar-refractivity contribution in [2.24, 2.45) is 0 Å². The van der Waals surface area contributed by atoms with Crippen molar-refractivity contribution >= 4 is 11.3 Å². The van der Waals surface area contributed by atoms with Gasteiger partial charge in [-0.05, 0) is 33.4 Å². The third kappa shape index (κ3) is 3.53. The number of thiazole rings is 1. The van der Waals surface area contributed by atoms with Gasteiger partial charge in [0, 0.05) is 29.9 Å². The van der Waals surface area contributed by atoms with Crippen LogP contribution in [0, 0.1) is 0 Å². The van der Waals surface area contributed by atoms with E-state index in [4.69, 9.17) is 0 Å². The number of rotatable bonds is 5. The fourth-order valence-corrected chi connectivity index (χ4v) is 3.36. The van der Waals surface area contributed by atoms with E-state index in [1.807, 2.05) is 0 Å². The molecule has 0 radical (unpaired) electrons. The van der Waals surface area contributed by atoms with Gasteiger partial charge in [-0.25, -0.2) is 4.98 Å². The molecular weight excluding hydrogens is 242 g/mol. The van der Waals surface area contributed by atoms with Crippen LogP contribution in [0.15, 0.2) is 5.38 Å². The highest BCUT2D eigenvalue weighted by molar-refractivity contribution is 7.09. The van der Waals surface area contributed by atoms with Crippen LogP contribution in [0.2, 0.25) is 0 Å². The lowest BCUT2D eigenvalue weighted by Crippen LogP contribution is -2.30. The summed E-state index contributed by atoms with van der Waals surface area (Å²) < 4.78 is 0. The molecule has 0 aliphatic heterocycles. The van der Waals surface area contributed by atoms with Crippen molar-refractivity contribution in [2.45, 2.75) is 57.7 Å². The van der Waals surface area contributed by atoms with Crippen LogP contribution in [-0.2, 0) is 6.54 Å². The van der Waals surface area contributed by atoms with Crippen LogP contribution < -0.4 is 5.32 Å². The van der Waals surface area contributed by atoms with Crippen LogP contribution in [0.4, 0.5) is 0 Å². The molecule has 1 fully saturated rings. The standard InChI is InChI=1S/C14H25N3S/c1-10(2)14-16-12(9-18-14)8-15-11-5-6-13(7-11)17(3)4/h9-11,13,15H,5-8H2,1-4H3. The van der Waals surface area contributed by atoms with E-state index >= 15 is 0 Å². The molecule has 2 unspecified atom stereocenters. The SMILES string of the molecule is CC(C)c1nc(CNC2CCC(N(C)C)C2)cs1. The van der Waals surface area contributed by atoms with Gasteiger partial charge in [0.2, 0.25) is 0 Å². The van der Waals surface area contributed by atoms with Crippen molar-refractivity contribution in [1.29, 1.82) is 0 Å². The Kier molecular flexibility index (Phi) is 4.76. The second kappa shape index (κ2) is 6.13. The van der Waals surface area contributed by atoms with E-state index in [0.717, 1.165) is 12.6 Å². The molecule has 2 rings (SSSR count). The molecule has 0 amide bonds. The lowest BCUT2D eigenvalue weighted by atomic mass is 10.2. The van der Waals surface area contributed by atoms with E-state index in [9.17, 15) is 0 Å². The molecule has 3 nitrogen and oxygen atoms in total. The van der Waals surface area contributed by atoms with Crippen LogP contribution in [0.1, 0.15) is 49.7 Å². The minimum atomic E-state index is 0.549. The lowest BCUT2D eigenvalue weighted by Gasteiger charge is -2.19. The number of nitrogens with zero attached hydrogens (tertiary/aromatic N) is 2. The second-order valence-electron chi connectivity index (χ2n) is 5.84. The highest BCUT2D eigenvalue weighted by atomic mass is 32.1. The molecule has 1 aromatic heterocycles. The Morgan fingerprint density at radius 1 is 1.44 bits per heavy atom. The van der Waals surface area contributed by atoms with Crippen LogP contribution in [0.5, 0.6) is 0 Å². The summed E-state index contributed by atoms with van der Waals surface area (Å²) in [6.07, 6.45) is 3.89. The minimum absolute atomic E-state index is 0.549. The van der Waals surface area contributed by atoms with Gasteiger partial charge in [0.05, 0.1) is 10.7 Å². The largest absolute Gasteiger partial charge is 0.308 e. The number of aromatic nitrogens is 1. The molecule has 1 N–H and O–H groups in total. The van der Waals surface area contributed by atoms with E-state index in [1.54, 1.807) is 11.3 Å². The van der Waals surface area contributed by atoms with Gasteiger partial charge in [-0.3, -0.25) is 0 Å². The van der Waals surface area contributed by atoms with E-state index in [0.29, 0.717) is 12.0 Å². The topological polar surface area (TPSA) is 28.2 Å². The zero-order chi connectivity index (χ0) is 13.1. The first-order valence-electron chi connectivity index (χ1n) is 6.90. The molecule has 1 aliphatic carbocycles. The molecule has 1 aliphatic rings. The van der Waals surface area contributed by atoms with Crippen molar-refractivity contribution in [3.05, 3.63) is 16.1 Å². The Morgan fingerprint density at radius 3 is 2.78 bits per heavy atom. The molecule has 0 aromatic carbocycles. The number of hydrogen-bond acceptors (Lipinski definition) is 4. The molecular formula is C14H25N3S. The van der Waals surface area contributed by atoms with Gasteiger partial charge < -0.3 is 10.2 Å². The Morgan fingerprint density at radius 2 is 2.22 bits per heavy atom. The quantitative estimate of drug-likeness (QED) is 0.889. The van der Waals surface area contributed by atoms with Crippen molar-refractivity contribution in [3.63, 3.8) is 0 Å². The van der Waals surface area contributed by atoms with E-state index in [1.165, 1.54) is 30.0 Å². The highest BCUT2D eigenvalue weighted by Gasteiger charge is 2.25. The average molecular weight is 267 g/mol. The third-order valence-electron chi connectivity index (χ3n) is 3.77. The van der Waals surface area contributed by atoms with E-state index in [-0.39, 0.29) is 0 Å². The Hall–Kier alpha value is -0.450. The molecule has 1 heterocycles. The van der Waals surface area contributed by atoms with Crippen molar-refractivity contribution < 1.29 is 0 Å². The maximum Gasteiger partial charge on any atom is 0.0954 e. The summed E-state index contributed by atoms with van der Waals surface area (Å²) in [6, 6.07) is 1.42. The summed E-state index contributed by atoms with van der Waals surface area (Å²) >= 11 is 1.79. The van der Waals surface area contributed by atoms with E-state index < -0.39 is 0 Å². The highest BCUT2D eigenvalue weighted by Crippen LogP contribution is 2.23. The number of hydrogen-bond donors (Lipinski definition) is 1. The third-order valence-corrected chi connectivity index (χ3v) is 4.96. The van der Waals surface area contributed by atoms with Gasteiger partial charge in [0.1, 0.15) is 0 Å². The summed E-state index contributed by atoms with van der Waals surface area (Å²) in [5, 5.41) is 7.10. The van der Waals surface area contributed by atoms with Crippen LogP contribution in [-0.4, -0.2) is 36.1 Å². The predicted octanol–water partition coefficient (Wildman–Crippen LogP) is 2.84. The Bertz CT molecular complexity index is 373. The average Bonchev–Trinajstić information content (AvgIpc) is 2.95. The summed E-state index contributed by atoms with van der Waals surface area (Å²) in [6.45, 7) is 5.33. The van der Waals surface area contributed by atoms with Gasteiger partial charge >= 0.3 is 0 Å². The van der Waals surface area contributed by atoms with Gasteiger partial charge in [0.15, 0.2) is 0 Å². The zero-order valence-electron chi connectivity index (χ0n) is 11.9. The first-order chi connectivity index (χ1) is 8.56. The maximum atomic E-state index is 4.67. The van der Waals surface area contributed by atoms with Crippen LogP contribution >= 0.6 is 11.3 Å². The molecule has 102 valence electrons.